The van der Waals surface area contributed by atoms with Crippen LogP contribution in [0.2, 0.25) is 0 Å². The number of nitrogen functional groups attached to an aromatic ring is 1. The molecule has 0 bridgehead atoms. The number of benzene rings is 1. The maximum Gasteiger partial charge on any atom is 0.134 e. The SMILES string of the molecule is CC1CCC(c2nc(N)cc(-c3ccccc3)n2)CC1. The molecule has 1 aliphatic rings. The van der Waals surface area contributed by atoms with Crippen LogP contribution in [-0.2, 0) is 0 Å². The Kier molecular flexibility index (Phi) is 3.68. The number of rotatable bonds is 2. The zero-order valence-corrected chi connectivity index (χ0v) is 11.9. The van der Waals surface area contributed by atoms with Crippen molar-refractivity contribution in [2.45, 2.75) is 38.5 Å². The maximum atomic E-state index is 5.98. The highest BCUT2D eigenvalue weighted by molar-refractivity contribution is 5.61. The molecule has 0 aliphatic heterocycles. The molecule has 3 nitrogen and oxygen atoms in total. The van der Waals surface area contributed by atoms with Crippen molar-refractivity contribution in [1.29, 1.82) is 0 Å². The normalized spacial score (nSPS) is 22.6. The Labute approximate surface area is 120 Å². The van der Waals surface area contributed by atoms with Gasteiger partial charge in [0.25, 0.3) is 0 Å². The Morgan fingerprint density at radius 1 is 1.00 bits per heavy atom. The standard InChI is InChI=1S/C17H21N3/c1-12-7-9-14(10-8-12)17-19-15(11-16(18)20-17)13-5-3-2-4-6-13/h2-6,11-12,14H,7-10H2,1H3,(H2,18,19,20). The van der Waals surface area contributed by atoms with Crippen LogP contribution in [0, 0.1) is 5.92 Å². The fourth-order valence-electron chi connectivity index (χ4n) is 2.94. The topological polar surface area (TPSA) is 51.8 Å². The van der Waals surface area contributed by atoms with E-state index in [0.29, 0.717) is 11.7 Å². The van der Waals surface area contributed by atoms with Crippen LogP contribution in [0.5, 0.6) is 0 Å². The molecular weight excluding hydrogens is 246 g/mol. The van der Waals surface area contributed by atoms with Crippen molar-refractivity contribution in [3.63, 3.8) is 0 Å². The summed E-state index contributed by atoms with van der Waals surface area (Å²) in [5.74, 6) is 2.81. The second kappa shape index (κ2) is 5.61. The van der Waals surface area contributed by atoms with Crippen molar-refractivity contribution in [2.24, 2.45) is 5.92 Å². The van der Waals surface area contributed by atoms with Gasteiger partial charge in [0.05, 0.1) is 5.69 Å². The lowest BCUT2D eigenvalue weighted by molar-refractivity contribution is 0.340. The zero-order valence-electron chi connectivity index (χ0n) is 11.9. The smallest absolute Gasteiger partial charge is 0.134 e. The molecule has 104 valence electrons. The molecule has 3 heteroatoms. The van der Waals surface area contributed by atoms with Crippen molar-refractivity contribution in [1.82, 2.24) is 9.97 Å². The number of anilines is 1. The summed E-state index contributed by atoms with van der Waals surface area (Å²) in [7, 11) is 0. The summed E-state index contributed by atoms with van der Waals surface area (Å²) in [6.07, 6.45) is 4.89. The number of nitrogens with two attached hydrogens (primary N) is 1. The van der Waals surface area contributed by atoms with Gasteiger partial charge < -0.3 is 5.73 Å². The molecule has 0 saturated heterocycles. The van der Waals surface area contributed by atoms with Gasteiger partial charge in [-0.3, -0.25) is 0 Å². The molecule has 1 aromatic heterocycles. The monoisotopic (exact) mass is 267 g/mol. The van der Waals surface area contributed by atoms with Crippen LogP contribution >= 0.6 is 0 Å². The molecule has 0 radical (unpaired) electrons. The predicted molar refractivity (Wildman–Crippen MR) is 82.3 cm³/mol. The van der Waals surface area contributed by atoms with Crippen LogP contribution in [0.15, 0.2) is 36.4 Å². The fourth-order valence-corrected chi connectivity index (χ4v) is 2.94. The zero-order chi connectivity index (χ0) is 13.9. The Balaban J connectivity index is 1.91. The highest BCUT2D eigenvalue weighted by Gasteiger charge is 2.22. The molecule has 1 saturated carbocycles. The van der Waals surface area contributed by atoms with E-state index in [9.17, 15) is 0 Å². The summed E-state index contributed by atoms with van der Waals surface area (Å²) in [4.78, 5) is 9.24. The van der Waals surface area contributed by atoms with Gasteiger partial charge in [-0.2, -0.15) is 0 Å². The molecule has 2 N–H and O–H groups in total. The molecule has 0 atom stereocenters. The third kappa shape index (κ3) is 2.82. The average Bonchev–Trinajstić information content (AvgIpc) is 2.48. The molecule has 0 unspecified atom stereocenters. The average molecular weight is 267 g/mol. The molecule has 0 spiro atoms. The molecule has 1 aromatic carbocycles. The largest absolute Gasteiger partial charge is 0.384 e. The van der Waals surface area contributed by atoms with Crippen molar-refractivity contribution in [3.05, 3.63) is 42.2 Å². The molecule has 1 heterocycles. The van der Waals surface area contributed by atoms with Crippen molar-refractivity contribution >= 4 is 5.82 Å². The van der Waals surface area contributed by atoms with Gasteiger partial charge in [0.2, 0.25) is 0 Å². The van der Waals surface area contributed by atoms with Crippen molar-refractivity contribution in [2.75, 3.05) is 5.73 Å². The van der Waals surface area contributed by atoms with E-state index < -0.39 is 0 Å². The predicted octanol–water partition coefficient (Wildman–Crippen LogP) is 4.02. The summed E-state index contributed by atoms with van der Waals surface area (Å²) < 4.78 is 0. The van der Waals surface area contributed by atoms with E-state index in [1.54, 1.807) is 0 Å². The van der Waals surface area contributed by atoms with Gasteiger partial charge in [-0.15, -0.1) is 0 Å². The highest BCUT2D eigenvalue weighted by atomic mass is 15.0. The molecule has 1 aliphatic carbocycles. The second-order valence-electron chi connectivity index (χ2n) is 5.86. The lowest BCUT2D eigenvalue weighted by Gasteiger charge is -2.25. The first kappa shape index (κ1) is 13.1. The Hall–Kier alpha value is -1.90. The van der Waals surface area contributed by atoms with E-state index >= 15 is 0 Å². The van der Waals surface area contributed by atoms with E-state index in [4.69, 9.17) is 10.7 Å². The van der Waals surface area contributed by atoms with Gasteiger partial charge >= 0.3 is 0 Å². The summed E-state index contributed by atoms with van der Waals surface area (Å²) in [6.45, 7) is 2.33. The van der Waals surface area contributed by atoms with E-state index in [1.165, 1.54) is 25.7 Å². The minimum atomic E-state index is 0.470. The van der Waals surface area contributed by atoms with E-state index in [2.05, 4.69) is 24.0 Å². The number of nitrogens with zero attached hydrogens (tertiary/aromatic N) is 2. The van der Waals surface area contributed by atoms with Gasteiger partial charge in [0.15, 0.2) is 0 Å². The summed E-state index contributed by atoms with van der Waals surface area (Å²) in [5.41, 5.74) is 8.02. The third-order valence-electron chi connectivity index (χ3n) is 4.21. The molecule has 1 fully saturated rings. The summed E-state index contributed by atoms with van der Waals surface area (Å²) in [6, 6.07) is 12.1. The van der Waals surface area contributed by atoms with Crippen LogP contribution in [-0.4, -0.2) is 9.97 Å². The van der Waals surface area contributed by atoms with E-state index in [1.807, 2.05) is 24.3 Å². The maximum absolute atomic E-state index is 5.98. The molecule has 2 aromatic rings. The van der Waals surface area contributed by atoms with Gasteiger partial charge in [-0.1, -0.05) is 50.1 Å². The van der Waals surface area contributed by atoms with Gasteiger partial charge in [-0.05, 0) is 18.8 Å². The molecule has 3 rings (SSSR count). The van der Waals surface area contributed by atoms with Gasteiger partial charge in [0, 0.05) is 17.5 Å². The highest BCUT2D eigenvalue weighted by Crippen LogP contribution is 2.34. The first-order valence-corrected chi connectivity index (χ1v) is 7.42. The van der Waals surface area contributed by atoms with Crippen LogP contribution in [0.1, 0.15) is 44.3 Å². The quantitative estimate of drug-likeness (QED) is 0.894. The second-order valence-corrected chi connectivity index (χ2v) is 5.86. The van der Waals surface area contributed by atoms with E-state index in [-0.39, 0.29) is 0 Å². The van der Waals surface area contributed by atoms with Crippen LogP contribution < -0.4 is 5.73 Å². The lowest BCUT2D eigenvalue weighted by Crippen LogP contribution is -2.14. The first-order chi connectivity index (χ1) is 9.72. The van der Waals surface area contributed by atoms with Gasteiger partial charge in [-0.25, -0.2) is 9.97 Å². The molecule has 20 heavy (non-hydrogen) atoms. The minimum Gasteiger partial charge on any atom is -0.384 e. The third-order valence-corrected chi connectivity index (χ3v) is 4.21. The van der Waals surface area contributed by atoms with Gasteiger partial charge in [0.1, 0.15) is 11.6 Å². The Bertz CT molecular complexity index is 572. The first-order valence-electron chi connectivity index (χ1n) is 7.42. The Morgan fingerprint density at radius 3 is 2.40 bits per heavy atom. The van der Waals surface area contributed by atoms with Crippen LogP contribution in [0.3, 0.4) is 0 Å². The Morgan fingerprint density at radius 2 is 1.70 bits per heavy atom. The van der Waals surface area contributed by atoms with E-state index in [0.717, 1.165) is 23.0 Å². The fraction of sp³-hybridized carbons (Fsp3) is 0.412. The lowest BCUT2D eigenvalue weighted by atomic mass is 9.82. The van der Waals surface area contributed by atoms with Crippen molar-refractivity contribution in [3.8, 4) is 11.3 Å². The summed E-state index contributed by atoms with van der Waals surface area (Å²) >= 11 is 0. The molecule has 0 amide bonds. The molecular formula is C17H21N3. The number of hydrogen-bond acceptors (Lipinski definition) is 3. The number of aromatic nitrogens is 2. The minimum absolute atomic E-state index is 0.470. The summed E-state index contributed by atoms with van der Waals surface area (Å²) in [5, 5.41) is 0. The van der Waals surface area contributed by atoms with Crippen LogP contribution in [0.4, 0.5) is 5.82 Å². The van der Waals surface area contributed by atoms with Crippen molar-refractivity contribution < 1.29 is 0 Å². The number of hydrogen-bond donors (Lipinski definition) is 1. The van der Waals surface area contributed by atoms with Crippen LogP contribution in [0.25, 0.3) is 11.3 Å².